The molecule has 0 amide bonds. The van der Waals surface area contributed by atoms with Crippen LogP contribution in [0.25, 0.3) is 0 Å². The molecule has 13 heteroatoms. The van der Waals surface area contributed by atoms with E-state index in [-0.39, 0.29) is 5.82 Å². The number of benzene rings is 2. The lowest BCUT2D eigenvalue weighted by atomic mass is 9.69. The molecule has 0 aliphatic carbocycles. The zero-order valence-corrected chi connectivity index (χ0v) is 25.1. The highest BCUT2D eigenvalue weighted by atomic mass is 32.5. The lowest BCUT2D eigenvalue weighted by Crippen LogP contribution is -2.38. The number of aliphatic hydroxyl groups excluding tert-OH is 1. The zero-order valence-electron chi connectivity index (χ0n) is 23.5. The molecule has 0 fully saturated rings. The van der Waals surface area contributed by atoms with Gasteiger partial charge in [0.05, 0.1) is 11.8 Å². The summed E-state index contributed by atoms with van der Waals surface area (Å²) in [5.74, 6) is 0.143. The van der Waals surface area contributed by atoms with Crippen molar-refractivity contribution in [3.05, 3.63) is 58.9 Å². The van der Waals surface area contributed by atoms with E-state index in [9.17, 15) is 28.9 Å². The van der Waals surface area contributed by atoms with Crippen LogP contribution >= 0.6 is 22.0 Å². The van der Waals surface area contributed by atoms with Crippen LogP contribution in [0.15, 0.2) is 41.3 Å². The van der Waals surface area contributed by atoms with E-state index >= 15 is 0 Å². The lowest BCUT2D eigenvalue weighted by Gasteiger charge is -2.41. The Hall–Kier alpha value is -1.83. The van der Waals surface area contributed by atoms with Crippen LogP contribution in [0.4, 0.5) is 29.5 Å². The molecule has 2 aromatic rings. The fraction of sp³-hybridized carbons (Fsp3) is 0.500. The second kappa shape index (κ2) is 12.8. The van der Waals surface area contributed by atoms with Crippen molar-refractivity contribution in [2.75, 3.05) is 12.5 Å². The summed E-state index contributed by atoms with van der Waals surface area (Å²) in [7, 11) is -7.78. The van der Waals surface area contributed by atoms with Crippen LogP contribution in [0.3, 0.4) is 0 Å². The highest BCUT2D eigenvalue weighted by Gasteiger charge is 2.65. The van der Waals surface area contributed by atoms with Gasteiger partial charge in [-0.15, -0.1) is 11.8 Å². The van der Waals surface area contributed by atoms with Crippen LogP contribution in [-0.2, 0) is 5.41 Å². The van der Waals surface area contributed by atoms with Crippen molar-refractivity contribution in [3.63, 3.8) is 0 Å². The first kappa shape index (κ1) is 35.2. The predicted molar refractivity (Wildman–Crippen MR) is 156 cm³/mol. The van der Waals surface area contributed by atoms with Crippen molar-refractivity contribution in [2.24, 2.45) is 0 Å². The van der Waals surface area contributed by atoms with E-state index in [1.807, 2.05) is 25.3 Å². The Kier molecular flexibility index (Phi) is 11.5. The molecule has 0 saturated carbocycles. The predicted octanol–water partition coefficient (Wildman–Crippen LogP) is 9.85. The molecule has 0 heterocycles. The van der Waals surface area contributed by atoms with Crippen molar-refractivity contribution >= 4 is 39.9 Å². The largest absolute Gasteiger partial charge is 0.392 e. The van der Waals surface area contributed by atoms with Gasteiger partial charge in [0.1, 0.15) is 10.7 Å². The molecule has 4 nitrogen and oxygen atoms in total. The Bertz CT molecular complexity index is 1100. The highest BCUT2D eigenvalue weighted by Crippen LogP contribution is 3.02. The number of halogens is 6. The number of hydrogen-bond acceptors (Lipinski definition) is 5. The number of nitrogens with one attached hydrogen (secondary N) is 2. The number of hydrogen-bond donors (Lipinski definition) is 3. The maximum Gasteiger partial charge on any atom is 0.310 e. The summed E-state index contributed by atoms with van der Waals surface area (Å²) in [4.78, 5) is -1.89. The van der Waals surface area contributed by atoms with Gasteiger partial charge in [-0.3, -0.25) is 0 Å². The smallest absolute Gasteiger partial charge is 0.310 e. The maximum atomic E-state index is 13.3. The Labute approximate surface area is 233 Å². The van der Waals surface area contributed by atoms with Crippen molar-refractivity contribution in [3.8, 4) is 0 Å². The second-order valence-electron chi connectivity index (χ2n) is 9.77. The summed E-state index contributed by atoms with van der Waals surface area (Å²) in [6.45, 7) is 11.5. The Morgan fingerprint density at radius 1 is 1.10 bits per heavy atom. The molecule has 39 heavy (non-hydrogen) atoms. The minimum absolute atomic E-state index is 0.293. The fourth-order valence-corrected chi connectivity index (χ4v) is 5.99. The molecule has 0 aliphatic heterocycles. The van der Waals surface area contributed by atoms with Crippen molar-refractivity contribution in [1.29, 1.82) is 5.41 Å². The topological polar surface area (TPSA) is 59.4 Å². The lowest BCUT2D eigenvalue weighted by molar-refractivity contribution is 0.0662. The first-order valence-electron chi connectivity index (χ1n) is 12.7. The van der Waals surface area contributed by atoms with Gasteiger partial charge >= 0.3 is 10.2 Å². The van der Waals surface area contributed by atoms with E-state index < -0.39 is 26.6 Å². The summed E-state index contributed by atoms with van der Waals surface area (Å²) in [6, 6.07) is 5.85. The monoisotopic (exact) mass is 599 g/mol. The number of hydrazine groups is 1. The average Bonchev–Trinajstić information content (AvgIpc) is 2.80. The minimum atomic E-state index is -9.65. The average molecular weight is 600 g/mol. The van der Waals surface area contributed by atoms with Gasteiger partial charge in [-0.2, -0.15) is 4.41 Å². The summed E-state index contributed by atoms with van der Waals surface area (Å²) in [6.07, 6.45) is 2.78. The number of aryl methyl sites for hydroxylation is 1. The van der Waals surface area contributed by atoms with E-state index in [2.05, 4.69) is 19.1 Å². The number of anilines is 1. The summed E-state index contributed by atoms with van der Waals surface area (Å²) < 4.78 is 79.0. The minimum Gasteiger partial charge on any atom is -0.392 e. The zero-order chi connectivity index (χ0) is 30.3. The molecule has 0 aliphatic rings. The van der Waals surface area contributed by atoms with Gasteiger partial charge in [0.25, 0.3) is 0 Å². The summed E-state index contributed by atoms with van der Waals surface area (Å²) in [5, 5.41) is 17.7. The van der Waals surface area contributed by atoms with Gasteiger partial charge in [-0.1, -0.05) is 72.4 Å². The molecule has 0 spiro atoms. The van der Waals surface area contributed by atoms with Gasteiger partial charge in [0.2, 0.25) is 5.99 Å². The van der Waals surface area contributed by atoms with E-state index in [4.69, 9.17) is 5.41 Å². The first-order chi connectivity index (χ1) is 17.7. The van der Waals surface area contributed by atoms with E-state index in [1.54, 1.807) is 25.6 Å². The molecular formula is C26H40BF6N3OS2. The molecule has 222 valence electrons. The van der Waals surface area contributed by atoms with Crippen LogP contribution in [0.1, 0.15) is 63.1 Å². The Morgan fingerprint density at radius 3 is 2.08 bits per heavy atom. The van der Waals surface area contributed by atoms with Crippen LogP contribution in [0, 0.1) is 18.2 Å². The van der Waals surface area contributed by atoms with Gasteiger partial charge < -0.3 is 15.9 Å². The third-order valence-corrected chi connectivity index (χ3v) is 8.36. The SMILES string of the molecule is CB(C)SN(C)Nc1cc(F)cc(C)c1C=N.CCCC(CC)(c1ccc(S(F)(F)(F)(F)F)cc1)C(O)CC. The molecule has 3 N–H and O–H groups in total. The number of rotatable bonds is 12. The molecule has 0 bridgehead atoms. The molecular weight excluding hydrogens is 559 g/mol. The summed E-state index contributed by atoms with van der Waals surface area (Å²) >= 11 is 1.60. The van der Waals surface area contributed by atoms with Crippen LogP contribution in [0.2, 0.25) is 13.6 Å². The third kappa shape index (κ3) is 9.95. The highest BCUT2D eigenvalue weighted by molar-refractivity contribution is 8.45. The molecule has 2 atom stereocenters. The van der Waals surface area contributed by atoms with Crippen LogP contribution in [0.5, 0.6) is 0 Å². The van der Waals surface area contributed by atoms with Gasteiger partial charge in [-0.25, -0.2) is 4.39 Å². The molecule has 0 radical (unpaired) electrons. The molecule has 2 aromatic carbocycles. The van der Waals surface area contributed by atoms with Crippen LogP contribution < -0.4 is 5.43 Å². The first-order valence-corrected chi connectivity index (χ1v) is 15.5. The number of nitrogens with zero attached hydrogens (tertiary/aromatic N) is 1. The van der Waals surface area contributed by atoms with Crippen molar-refractivity contribution in [1.82, 2.24) is 4.41 Å². The van der Waals surface area contributed by atoms with Crippen LogP contribution in [-0.4, -0.2) is 34.9 Å². The van der Waals surface area contributed by atoms with Crippen molar-refractivity contribution < 1.29 is 28.9 Å². The Morgan fingerprint density at radius 2 is 1.67 bits per heavy atom. The standard InChI is InChI=1S/C15H23F5OS.C11H17BFN3S/c1-4-11-15(6-3,14(21)5-2)12-7-9-13(10-8-12)22(16,17,18,19)20;1-8-5-9(13)6-11(10(8)7-14)15-16(4)17-12(2)3/h7-10,14,21H,4-6,11H2,1-3H3;5-7,14-15H,1-4H3. The Balaban J connectivity index is 0.000000403. The summed E-state index contributed by atoms with van der Waals surface area (Å²) in [5.41, 5.74) is 4.92. The molecule has 2 rings (SSSR count). The normalized spacial score (nSPS) is 15.8. The van der Waals surface area contributed by atoms with E-state index in [0.29, 0.717) is 54.2 Å². The fourth-order valence-electron chi connectivity index (χ4n) is 4.55. The second-order valence-corrected chi connectivity index (χ2v) is 13.9. The molecule has 0 saturated heterocycles. The van der Waals surface area contributed by atoms with E-state index in [1.165, 1.54) is 18.3 Å². The van der Waals surface area contributed by atoms with Crippen molar-refractivity contribution in [2.45, 2.75) is 83.4 Å². The van der Waals surface area contributed by atoms with Gasteiger partial charge in [-0.05, 0) is 61.6 Å². The van der Waals surface area contributed by atoms with Gasteiger partial charge in [0, 0.05) is 24.2 Å². The van der Waals surface area contributed by atoms with Gasteiger partial charge in [0.15, 0.2) is 0 Å². The molecule has 2 unspecified atom stereocenters. The maximum absolute atomic E-state index is 13.3. The van der Waals surface area contributed by atoms with E-state index in [0.717, 1.165) is 24.1 Å². The molecule has 0 aromatic heterocycles. The third-order valence-electron chi connectivity index (χ3n) is 6.37. The number of aliphatic hydroxyl groups is 1. The quantitative estimate of drug-likeness (QED) is 0.0747.